The number of esters is 1. The molecular weight excluding hydrogens is 588 g/mol. The highest BCUT2D eigenvalue weighted by atomic mass is 79.9. The quantitative estimate of drug-likeness (QED) is 0.0851. The van der Waals surface area contributed by atoms with Gasteiger partial charge in [0, 0.05) is 47.4 Å². The van der Waals surface area contributed by atoms with Crippen LogP contribution in [0.1, 0.15) is 93.6 Å². The van der Waals surface area contributed by atoms with E-state index in [1.54, 1.807) is 0 Å². The van der Waals surface area contributed by atoms with Crippen molar-refractivity contribution < 1.29 is 13.9 Å². The van der Waals surface area contributed by atoms with Crippen LogP contribution in [0.4, 0.5) is 5.69 Å². The molecule has 1 heterocycles. The van der Waals surface area contributed by atoms with E-state index in [0.29, 0.717) is 18.7 Å². The van der Waals surface area contributed by atoms with Crippen LogP contribution in [0.25, 0.3) is 33.4 Å². The molecule has 42 heavy (non-hydrogen) atoms. The molecule has 6 heteroatoms. The number of carbonyl (C=O) groups is 1. The number of anilines is 1. The number of nitrogens with one attached hydrogen (secondary N) is 1. The Kier molecular flexibility index (Phi) is 13.1. The molecule has 0 bridgehead atoms. The van der Waals surface area contributed by atoms with E-state index in [9.17, 15) is 4.79 Å². The fourth-order valence-corrected chi connectivity index (χ4v) is 5.56. The number of unbranched alkanes of at least 4 members (excludes halogenated alkanes) is 7. The fraction of sp³-hybridized carbons (Fsp3) is 0.444. The van der Waals surface area contributed by atoms with Crippen molar-refractivity contribution in [1.82, 2.24) is 0 Å². The number of benzene rings is 3. The van der Waals surface area contributed by atoms with E-state index in [1.807, 2.05) is 37.3 Å². The standard InChI is InChI=1S/C36H46N2O3.BrH/c1-6-9-10-11-12-13-14-17-20-40-36(39)28-19-16-15-18-27(28)35-29-21-25(4)31(37-7-2)23-33(29)41-34-24-32(38-8-3)26(5)22-30(34)35;/h15-16,18-19,21-24,37H,6-14,17,20H2,1-5H3;1H. The third-order valence-corrected chi connectivity index (χ3v) is 7.73. The second-order valence-electron chi connectivity index (χ2n) is 10.9. The van der Waals surface area contributed by atoms with E-state index < -0.39 is 0 Å². The van der Waals surface area contributed by atoms with Crippen molar-refractivity contribution in [2.24, 2.45) is 4.99 Å². The maximum atomic E-state index is 13.5. The van der Waals surface area contributed by atoms with Crippen molar-refractivity contribution >= 4 is 39.6 Å². The van der Waals surface area contributed by atoms with E-state index in [0.717, 1.165) is 75.0 Å². The molecule has 0 amide bonds. The van der Waals surface area contributed by atoms with Gasteiger partial charge in [0.05, 0.1) is 17.5 Å². The smallest absolute Gasteiger partial charge is 0.338 e. The van der Waals surface area contributed by atoms with Gasteiger partial charge in [0.15, 0.2) is 0 Å². The largest absolute Gasteiger partial charge is 0.462 e. The summed E-state index contributed by atoms with van der Waals surface area (Å²) in [5.74, 6) is 0.472. The van der Waals surface area contributed by atoms with E-state index in [4.69, 9.17) is 9.15 Å². The lowest BCUT2D eigenvalue weighted by Crippen LogP contribution is -2.11. The first-order valence-electron chi connectivity index (χ1n) is 15.5. The maximum Gasteiger partial charge on any atom is 0.338 e. The molecule has 1 aliphatic carbocycles. The number of aryl methyl sites for hydroxylation is 2. The summed E-state index contributed by atoms with van der Waals surface area (Å²) >= 11 is 0. The van der Waals surface area contributed by atoms with Crippen LogP contribution in [0.15, 0.2) is 57.9 Å². The van der Waals surface area contributed by atoms with Gasteiger partial charge in [-0.15, -0.1) is 17.0 Å². The summed E-state index contributed by atoms with van der Waals surface area (Å²) in [7, 11) is 0. The van der Waals surface area contributed by atoms with E-state index in [1.165, 1.54) is 38.5 Å². The Hall–Kier alpha value is -3.12. The normalized spacial score (nSPS) is 11.6. The van der Waals surface area contributed by atoms with E-state index in [-0.39, 0.29) is 23.0 Å². The summed E-state index contributed by atoms with van der Waals surface area (Å²) in [6.45, 7) is 12.5. The highest BCUT2D eigenvalue weighted by Gasteiger charge is 2.23. The summed E-state index contributed by atoms with van der Waals surface area (Å²) in [6.07, 6.45) is 9.66. The number of carbonyl (C=O) groups excluding carboxylic acids is 1. The number of rotatable bonds is 14. The molecule has 0 atom stereocenters. The Morgan fingerprint density at radius 3 is 2.29 bits per heavy atom. The Balaban J connectivity index is 0.00000484. The van der Waals surface area contributed by atoms with Crippen LogP contribution in [0.3, 0.4) is 0 Å². The van der Waals surface area contributed by atoms with Crippen LogP contribution in [0.5, 0.6) is 0 Å². The van der Waals surface area contributed by atoms with Crippen molar-refractivity contribution in [3.63, 3.8) is 0 Å². The molecule has 0 saturated carbocycles. The Bertz CT molecular complexity index is 1510. The monoisotopic (exact) mass is 634 g/mol. The molecule has 0 fully saturated rings. The Labute approximate surface area is 261 Å². The molecule has 5 nitrogen and oxygen atoms in total. The van der Waals surface area contributed by atoms with Gasteiger partial charge < -0.3 is 14.5 Å². The first-order chi connectivity index (χ1) is 20.0. The lowest BCUT2D eigenvalue weighted by Gasteiger charge is -2.20. The van der Waals surface area contributed by atoms with E-state index in [2.05, 4.69) is 56.2 Å². The van der Waals surface area contributed by atoms with Gasteiger partial charge in [-0.3, -0.25) is 4.99 Å². The van der Waals surface area contributed by atoms with Gasteiger partial charge in [0.2, 0.25) is 0 Å². The Morgan fingerprint density at radius 1 is 0.857 bits per heavy atom. The van der Waals surface area contributed by atoms with Crippen molar-refractivity contribution in [1.29, 1.82) is 0 Å². The summed E-state index contributed by atoms with van der Waals surface area (Å²) in [6, 6.07) is 16.2. The molecule has 2 aliphatic rings. The number of halogens is 1. The number of ether oxygens (including phenoxy) is 1. The van der Waals surface area contributed by atoms with Gasteiger partial charge >= 0.3 is 5.97 Å². The minimum absolute atomic E-state index is 0. The molecule has 0 saturated heterocycles. The highest BCUT2D eigenvalue weighted by Crippen LogP contribution is 2.43. The minimum atomic E-state index is -0.277. The van der Waals surface area contributed by atoms with Crippen molar-refractivity contribution in [2.45, 2.75) is 86.0 Å². The van der Waals surface area contributed by atoms with Gasteiger partial charge in [-0.2, -0.15) is 0 Å². The van der Waals surface area contributed by atoms with Crippen molar-refractivity contribution in [3.8, 4) is 22.5 Å². The zero-order valence-electron chi connectivity index (χ0n) is 26.0. The zero-order chi connectivity index (χ0) is 29.2. The van der Waals surface area contributed by atoms with Crippen LogP contribution in [-0.4, -0.2) is 25.7 Å². The average Bonchev–Trinajstić information content (AvgIpc) is 2.96. The fourth-order valence-electron chi connectivity index (χ4n) is 5.56. The van der Waals surface area contributed by atoms with Crippen LogP contribution in [-0.2, 0) is 4.74 Å². The third kappa shape index (κ3) is 8.03. The molecule has 226 valence electrons. The second kappa shape index (κ2) is 16.5. The predicted molar refractivity (Wildman–Crippen MR) is 181 cm³/mol. The topological polar surface area (TPSA) is 63.8 Å². The molecular formula is C36H47BrN2O3. The first-order valence-corrected chi connectivity index (χ1v) is 15.5. The zero-order valence-corrected chi connectivity index (χ0v) is 27.7. The SMILES string of the molecule is Br.CCCCCCCCCCOC(=O)c1ccccc1-c1c2cc(C)c(=NCC)cc-2oc2cc(NCC)c(C)cc12. The molecule has 2 aromatic rings. The summed E-state index contributed by atoms with van der Waals surface area (Å²) < 4.78 is 12.3. The highest BCUT2D eigenvalue weighted by molar-refractivity contribution is 8.93. The average molecular weight is 636 g/mol. The van der Waals surface area contributed by atoms with Crippen molar-refractivity contribution in [3.05, 3.63) is 70.6 Å². The number of hydrogen-bond donors (Lipinski definition) is 1. The predicted octanol–water partition coefficient (Wildman–Crippen LogP) is 10.0. The molecule has 1 N–H and O–H groups in total. The minimum Gasteiger partial charge on any atom is -0.462 e. The lowest BCUT2D eigenvalue weighted by atomic mass is 9.89. The van der Waals surface area contributed by atoms with Gasteiger partial charge in [-0.05, 0) is 69.0 Å². The molecule has 0 radical (unpaired) electrons. The molecule has 1 aliphatic heterocycles. The third-order valence-electron chi connectivity index (χ3n) is 7.73. The summed E-state index contributed by atoms with van der Waals surface area (Å²) in [5, 5.41) is 5.34. The lowest BCUT2D eigenvalue weighted by molar-refractivity contribution is 0.0498. The molecule has 4 rings (SSSR count). The van der Waals surface area contributed by atoms with Gasteiger partial charge in [0.25, 0.3) is 0 Å². The molecule has 2 aromatic carbocycles. The summed E-state index contributed by atoms with van der Waals surface area (Å²) in [4.78, 5) is 18.1. The molecule has 0 aromatic heterocycles. The van der Waals surface area contributed by atoms with E-state index >= 15 is 0 Å². The second-order valence-corrected chi connectivity index (χ2v) is 10.9. The molecule has 0 unspecified atom stereocenters. The van der Waals surface area contributed by atoms with Crippen LogP contribution < -0.4 is 10.7 Å². The van der Waals surface area contributed by atoms with Gasteiger partial charge in [0.1, 0.15) is 11.3 Å². The number of hydrogen-bond acceptors (Lipinski definition) is 5. The van der Waals surface area contributed by atoms with Crippen molar-refractivity contribution in [2.75, 3.05) is 25.0 Å². The van der Waals surface area contributed by atoms with Crippen LogP contribution in [0, 0.1) is 13.8 Å². The first kappa shape index (κ1) is 33.4. The van der Waals surface area contributed by atoms with Gasteiger partial charge in [-0.1, -0.05) is 70.1 Å². The summed E-state index contributed by atoms with van der Waals surface area (Å²) in [5.41, 5.74) is 7.39. The van der Waals surface area contributed by atoms with Crippen LogP contribution >= 0.6 is 17.0 Å². The maximum absolute atomic E-state index is 13.5. The number of nitrogens with zero attached hydrogens (tertiary/aromatic N) is 1. The van der Waals surface area contributed by atoms with Gasteiger partial charge in [-0.25, -0.2) is 4.79 Å². The molecule has 0 spiro atoms. The Morgan fingerprint density at radius 2 is 1.57 bits per heavy atom. The van der Waals surface area contributed by atoms with Crippen LogP contribution in [0.2, 0.25) is 0 Å². The number of fused-ring (bicyclic) bond motifs is 2.